The third-order valence-corrected chi connectivity index (χ3v) is 4.60. The van der Waals surface area contributed by atoms with Gasteiger partial charge >= 0.3 is 0 Å². The first-order chi connectivity index (χ1) is 9.51. The van der Waals surface area contributed by atoms with Crippen molar-refractivity contribution in [1.29, 1.82) is 0 Å². The van der Waals surface area contributed by atoms with Crippen molar-refractivity contribution in [3.63, 3.8) is 0 Å². The first kappa shape index (κ1) is 12.9. The van der Waals surface area contributed by atoms with Gasteiger partial charge in [0.2, 0.25) is 10.9 Å². The fraction of sp³-hybridized carbons (Fsp3) is 0.111. The predicted molar refractivity (Wildman–Crippen MR) is 72.9 cm³/mol. The van der Waals surface area contributed by atoms with Crippen molar-refractivity contribution in [3.8, 4) is 0 Å². The average molecular weight is 314 g/mol. The molecule has 0 saturated carbocycles. The van der Waals surface area contributed by atoms with Gasteiger partial charge in [-0.25, -0.2) is 10.6 Å². The van der Waals surface area contributed by atoms with Crippen molar-refractivity contribution in [2.24, 2.45) is 5.84 Å². The van der Waals surface area contributed by atoms with E-state index in [1.54, 1.807) is 18.5 Å². The summed E-state index contributed by atoms with van der Waals surface area (Å²) in [6.07, 6.45) is 1.59. The first-order valence-corrected chi connectivity index (χ1v) is 7.76. The van der Waals surface area contributed by atoms with Crippen LogP contribution in [-0.4, -0.2) is 23.0 Å². The second kappa shape index (κ2) is 4.47. The lowest BCUT2D eigenvalue weighted by Gasteiger charge is -2.05. The number of imidazole rings is 1. The monoisotopic (exact) mass is 314 g/mol. The molecule has 0 radical (unpaired) electrons. The Kier molecular flexibility index (Phi) is 2.88. The maximum atomic E-state index is 12.4. The molecule has 4 N–H and O–H groups in total. The lowest BCUT2D eigenvalue weighted by Crippen LogP contribution is -2.18. The number of hydrogen-bond donors (Lipinski definition) is 3. The number of hydrogen-bond acceptors (Lipinski definition) is 8. The van der Waals surface area contributed by atoms with Gasteiger partial charge < -0.3 is 9.95 Å². The number of aromatic nitrogens is 3. The normalized spacial score (nSPS) is 11.9. The molecule has 0 atom stereocenters. The molecule has 106 valence electrons. The first-order valence-electron chi connectivity index (χ1n) is 5.39. The van der Waals surface area contributed by atoms with Crippen LogP contribution in [0.4, 0.5) is 11.7 Å². The number of anilines is 2. The summed E-state index contributed by atoms with van der Waals surface area (Å²) in [5, 5.41) is 5.24. The lowest BCUT2D eigenvalue weighted by molar-refractivity contribution is 0.430. The molecule has 0 aliphatic heterocycles. The number of rotatable bonds is 4. The largest absolute Gasteiger partial charge is 0.338 e. The molecular weight excluding hydrogens is 304 g/mol. The number of fused-ring (bicyclic) bond motifs is 1. The van der Waals surface area contributed by atoms with E-state index in [9.17, 15) is 8.42 Å². The molecule has 0 unspecified atom stereocenters. The predicted octanol–water partition coefficient (Wildman–Crippen LogP) is 0.779. The summed E-state index contributed by atoms with van der Waals surface area (Å²) in [5.74, 6) is 5.40. The van der Waals surface area contributed by atoms with E-state index >= 15 is 0 Å². The number of nitrogens with zero attached hydrogens (tertiary/aromatic N) is 3. The van der Waals surface area contributed by atoms with Crippen LogP contribution in [0.15, 0.2) is 27.2 Å². The van der Waals surface area contributed by atoms with Gasteiger partial charge in [-0.2, -0.15) is 13.4 Å². The van der Waals surface area contributed by atoms with Crippen LogP contribution in [0.5, 0.6) is 0 Å². The van der Waals surface area contributed by atoms with Crippen LogP contribution in [0.1, 0.15) is 5.69 Å². The molecule has 9 nitrogen and oxygen atoms in total. The molecule has 0 aliphatic rings. The Morgan fingerprint density at radius 2 is 2.30 bits per heavy atom. The quantitative estimate of drug-likeness (QED) is 0.479. The summed E-state index contributed by atoms with van der Waals surface area (Å²) >= 11 is 1.29. The highest BCUT2D eigenvalue weighted by Crippen LogP contribution is 2.26. The van der Waals surface area contributed by atoms with Crippen LogP contribution < -0.4 is 16.0 Å². The van der Waals surface area contributed by atoms with Crippen molar-refractivity contribution in [1.82, 2.24) is 14.5 Å². The fourth-order valence-corrected chi connectivity index (χ4v) is 3.70. The molecule has 0 aliphatic carbocycles. The summed E-state index contributed by atoms with van der Waals surface area (Å²) in [6, 6.07) is 1.47. The lowest BCUT2D eigenvalue weighted by atomic mass is 10.5. The Balaban J connectivity index is 2.10. The van der Waals surface area contributed by atoms with Gasteiger partial charge in [-0.3, -0.25) is 4.40 Å². The van der Waals surface area contributed by atoms with Crippen LogP contribution in [0, 0.1) is 6.92 Å². The smallest absolute Gasteiger partial charge is 0.284 e. The van der Waals surface area contributed by atoms with Gasteiger partial charge in [-0.05, 0) is 6.92 Å². The van der Waals surface area contributed by atoms with E-state index in [2.05, 4.69) is 20.3 Å². The van der Waals surface area contributed by atoms with E-state index in [-0.39, 0.29) is 16.7 Å². The SMILES string of the molecule is Cc1cc(NS(=O)(=O)c2c(NN)nc3sccn23)on1. The van der Waals surface area contributed by atoms with Crippen molar-refractivity contribution < 1.29 is 12.9 Å². The van der Waals surface area contributed by atoms with E-state index in [0.717, 1.165) is 0 Å². The molecule has 3 aromatic rings. The third-order valence-electron chi connectivity index (χ3n) is 2.47. The van der Waals surface area contributed by atoms with Gasteiger partial charge in [0.25, 0.3) is 10.0 Å². The Morgan fingerprint density at radius 3 is 2.95 bits per heavy atom. The molecule has 20 heavy (non-hydrogen) atoms. The Bertz CT molecular complexity index is 861. The van der Waals surface area contributed by atoms with Gasteiger partial charge in [-0.15, -0.1) is 11.3 Å². The van der Waals surface area contributed by atoms with Gasteiger partial charge in [-0.1, -0.05) is 5.16 Å². The number of thiazole rings is 1. The van der Waals surface area contributed by atoms with Crippen LogP contribution in [0.25, 0.3) is 4.96 Å². The van der Waals surface area contributed by atoms with Crippen molar-refractivity contribution in [2.45, 2.75) is 11.9 Å². The van der Waals surface area contributed by atoms with E-state index in [1.165, 1.54) is 21.8 Å². The highest BCUT2D eigenvalue weighted by Gasteiger charge is 2.26. The molecule has 11 heteroatoms. The number of hydrazine groups is 1. The van der Waals surface area contributed by atoms with E-state index in [0.29, 0.717) is 10.7 Å². The zero-order valence-electron chi connectivity index (χ0n) is 10.2. The molecule has 3 rings (SSSR count). The Morgan fingerprint density at radius 1 is 1.50 bits per heavy atom. The standard InChI is InChI=1S/C9H10N6O3S2/c1-5-4-6(18-13-5)14-20(16,17)8-7(12-10)11-9-15(8)2-3-19-9/h2-4,12,14H,10H2,1H3. The zero-order chi connectivity index (χ0) is 14.3. The van der Waals surface area contributed by atoms with Crippen molar-refractivity contribution in [2.75, 3.05) is 10.1 Å². The van der Waals surface area contributed by atoms with Crippen molar-refractivity contribution >= 4 is 38.0 Å². The van der Waals surface area contributed by atoms with Crippen LogP contribution in [0.3, 0.4) is 0 Å². The second-order valence-corrected chi connectivity index (χ2v) is 6.37. The molecule has 0 spiro atoms. The average Bonchev–Trinajstić information content (AvgIpc) is 3.02. The number of aryl methyl sites for hydroxylation is 1. The van der Waals surface area contributed by atoms with Crippen LogP contribution >= 0.6 is 11.3 Å². The Hall–Kier alpha value is -2.11. The van der Waals surface area contributed by atoms with Gasteiger partial charge in [0.15, 0.2) is 10.8 Å². The minimum atomic E-state index is -3.92. The molecule has 0 saturated heterocycles. The Labute approximate surface area is 117 Å². The van der Waals surface area contributed by atoms with Gasteiger partial charge in [0.05, 0.1) is 5.69 Å². The highest BCUT2D eigenvalue weighted by molar-refractivity contribution is 7.92. The fourth-order valence-electron chi connectivity index (χ4n) is 1.71. The molecule has 0 bridgehead atoms. The summed E-state index contributed by atoms with van der Waals surface area (Å²) in [6.45, 7) is 1.68. The van der Waals surface area contributed by atoms with Crippen molar-refractivity contribution in [3.05, 3.63) is 23.3 Å². The van der Waals surface area contributed by atoms with Gasteiger partial charge in [0.1, 0.15) is 0 Å². The molecular formula is C9H10N6O3S2. The summed E-state index contributed by atoms with van der Waals surface area (Å²) in [5.41, 5.74) is 2.84. The molecule has 0 amide bonds. The second-order valence-electron chi connectivity index (χ2n) is 3.90. The zero-order valence-corrected chi connectivity index (χ0v) is 11.8. The highest BCUT2D eigenvalue weighted by atomic mass is 32.2. The van der Waals surface area contributed by atoms with Crippen LogP contribution in [-0.2, 0) is 10.0 Å². The van der Waals surface area contributed by atoms with Gasteiger partial charge in [0, 0.05) is 17.6 Å². The minimum absolute atomic E-state index is 0.0238. The summed E-state index contributed by atoms with van der Waals surface area (Å²) < 4.78 is 33.4. The molecule has 0 aromatic carbocycles. The summed E-state index contributed by atoms with van der Waals surface area (Å²) in [7, 11) is -3.92. The molecule has 0 fully saturated rings. The van der Waals surface area contributed by atoms with Crippen LogP contribution in [0.2, 0.25) is 0 Å². The maximum Gasteiger partial charge on any atom is 0.284 e. The van der Waals surface area contributed by atoms with E-state index < -0.39 is 10.0 Å². The topological polar surface area (TPSA) is 128 Å². The number of sulfonamides is 1. The number of nitrogen functional groups attached to an aromatic ring is 1. The minimum Gasteiger partial charge on any atom is -0.338 e. The summed E-state index contributed by atoms with van der Waals surface area (Å²) in [4.78, 5) is 4.59. The van der Waals surface area contributed by atoms with E-state index in [4.69, 9.17) is 10.4 Å². The number of nitrogens with one attached hydrogen (secondary N) is 2. The molecule has 3 aromatic heterocycles. The third kappa shape index (κ3) is 2.01. The maximum absolute atomic E-state index is 12.4. The molecule has 3 heterocycles. The number of nitrogens with two attached hydrogens (primary N) is 1. The van der Waals surface area contributed by atoms with E-state index in [1.807, 2.05) is 0 Å².